The Balaban J connectivity index is 1.57. The summed E-state index contributed by atoms with van der Waals surface area (Å²) < 4.78 is 35.0. The molecular weight excluding hydrogens is 589 g/mol. The van der Waals surface area contributed by atoms with E-state index in [0.717, 1.165) is 31.6 Å². The Morgan fingerprint density at radius 3 is 2.24 bits per heavy atom. The van der Waals surface area contributed by atoms with E-state index in [4.69, 9.17) is 28.4 Å². The van der Waals surface area contributed by atoms with E-state index in [-0.39, 0.29) is 19.4 Å². The van der Waals surface area contributed by atoms with Gasteiger partial charge in [-0.05, 0) is 69.6 Å². The van der Waals surface area contributed by atoms with Crippen LogP contribution in [0.5, 0.6) is 28.7 Å². The van der Waals surface area contributed by atoms with Gasteiger partial charge >= 0.3 is 5.97 Å². The van der Waals surface area contributed by atoms with E-state index < -0.39 is 5.92 Å². The average Bonchev–Trinajstić information content (AvgIpc) is 3.54. The molecule has 0 amide bonds. The molecule has 37 heavy (non-hydrogen) atoms. The Bertz CT molecular complexity index is 1410. The molecule has 3 heterocycles. The predicted molar refractivity (Wildman–Crippen MR) is 144 cm³/mol. The zero-order chi connectivity index (χ0) is 25.7. The van der Waals surface area contributed by atoms with Crippen LogP contribution in [-0.4, -0.2) is 40.7 Å². The first-order valence-electron chi connectivity index (χ1n) is 11.7. The predicted octanol–water partition coefficient (Wildman–Crippen LogP) is 5.01. The van der Waals surface area contributed by atoms with E-state index in [1.54, 1.807) is 21.3 Å². The summed E-state index contributed by atoms with van der Waals surface area (Å²) in [5, 5.41) is 0. The van der Waals surface area contributed by atoms with Crippen molar-refractivity contribution in [1.82, 2.24) is 0 Å². The highest BCUT2D eigenvalue weighted by Crippen LogP contribution is 2.53. The topological polar surface area (TPSA) is 75.7 Å². The number of hydrogen-bond donors (Lipinski definition) is 0. The molecule has 3 aliphatic heterocycles. The van der Waals surface area contributed by atoms with E-state index in [2.05, 4.69) is 51.8 Å². The van der Waals surface area contributed by atoms with Gasteiger partial charge in [-0.3, -0.25) is 0 Å². The van der Waals surface area contributed by atoms with Crippen molar-refractivity contribution >= 4 is 34.2 Å². The number of rotatable bonds is 6. The number of anilines is 1. The maximum Gasteiger partial charge on any atom is 0.337 e. The molecule has 0 fully saturated rings. The van der Waals surface area contributed by atoms with Gasteiger partial charge in [0.25, 0.3) is 0 Å². The normalized spacial score (nSPS) is 17.4. The molecule has 0 spiro atoms. The van der Waals surface area contributed by atoms with Crippen LogP contribution in [0.2, 0.25) is 0 Å². The summed E-state index contributed by atoms with van der Waals surface area (Å²) in [5.74, 6) is 2.04. The molecule has 8 nitrogen and oxygen atoms in total. The van der Waals surface area contributed by atoms with Gasteiger partial charge in [-0.25, -0.2) is 4.79 Å². The summed E-state index contributed by atoms with van der Waals surface area (Å²) in [6.07, 6.45) is 0. The third kappa shape index (κ3) is 3.92. The number of halogens is 1. The first-order chi connectivity index (χ1) is 18.0. The van der Waals surface area contributed by atoms with Gasteiger partial charge in [-0.2, -0.15) is 0 Å². The second-order valence-electron chi connectivity index (χ2n) is 8.81. The Morgan fingerprint density at radius 2 is 1.59 bits per heavy atom. The third-order valence-corrected chi connectivity index (χ3v) is 7.60. The van der Waals surface area contributed by atoms with Crippen LogP contribution in [0.1, 0.15) is 22.6 Å². The molecule has 0 saturated carbocycles. The van der Waals surface area contributed by atoms with Crippen molar-refractivity contribution in [3.05, 3.63) is 80.1 Å². The maximum atomic E-state index is 13.3. The molecule has 3 aromatic carbocycles. The molecule has 0 N–H and O–H groups in total. The number of cyclic esters (lactones) is 1. The zero-order valence-corrected chi connectivity index (χ0v) is 22.7. The molecule has 0 radical (unpaired) electrons. The van der Waals surface area contributed by atoms with Crippen LogP contribution in [0.15, 0.2) is 59.8 Å². The molecule has 3 aliphatic rings. The van der Waals surface area contributed by atoms with Crippen molar-refractivity contribution in [2.75, 3.05) is 39.6 Å². The largest absolute Gasteiger partial charge is 0.493 e. The fourth-order valence-electron chi connectivity index (χ4n) is 5.20. The smallest absolute Gasteiger partial charge is 0.337 e. The first-order valence-corrected chi connectivity index (χ1v) is 12.8. The minimum atomic E-state index is -0.434. The van der Waals surface area contributed by atoms with Crippen LogP contribution >= 0.6 is 22.6 Å². The van der Waals surface area contributed by atoms with Crippen LogP contribution in [-0.2, 0) is 16.1 Å². The maximum absolute atomic E-state index is 13.3. The van der Waals surface area contributed by atoms with Crippen LogP contribution in [0.3, 0.4) is 0 Å². The van der Waals surface area contributed by atoms with Crippen molar-refractivity contribution in [2.45, 2.75) is 12.5 Å². The lowest BCUT2D eigenvalue weighted by Crippen LogP contribution is -2.30. The van der Waals surface area contributed by atoms with Gasteiger partial charge in [0.2, 0.25) is 12.5 Å². The van der Waals surface area contributed by atoms with Gasteiger partial charge < -0.3 is 33.3 Å². The summed E-state index contributed by atoms with van der Waals surface area (Å²) in [6.45, 7) is 0.910. The van der Waals surface area contributed by atoms with Crippen LogP contribution in [0, 0.1) is 3.57 Å². The van der Waals surface area contributed by atoms with Crippen LogP contribution in [0.4, 0.5) is 5.69 Å². The lowest BCUT2D eigenvalue weighted by Gasteiger charge is -2.36. The molecular formula is C28H24INO7. The lowest BCUT2D eigenvalue weighted by molar-refractivity contribution is -0.136. The Morgan fingerprint density at radius 1 is 0.919 bits per heavy atom. The monoisotopic (exact) mass is 613 g/mol. The molecule has 9 heteroatoms. The highest BCUT2D eigenvalue weighted by Gasteiger charge is 2.43. The second kappa shape index (κ2) is 9.37. The average molecular weight is 613 g/mol. The molecule has 190 valence electrons. The van der Waals surface area contributed by atoms with Gasteiger partial charge in [-0.1, -0.05) is 12.1 Å². The quantitative estimate of drug-likeness (QED) is 0.284. The molecule has 0 saturated heterocycles. The van der Waals surface area contributed by atoms with Crippen molar-refractivity contribution in [2.24, 2.45) is 0 Å². The van der Waals surface area contributed by atoms with Gasteiger partial charge in [0.15, 0.2) is 23.0 Å². The van der Waals surface area contributed by atoms with Gasteiger partial charge in [0.1, 0.15) is 6.61 Å². The van der Waals surface area contributed by atoms with E-state index in [1.807, 2.05) is 24.3 Å². The number of esters is 1. The van der Waals surface area contributed by atoms with Crippen LogP contribution in [0.25, 0.3) is 0 Å². The fraction of sp³-hybridized carbons (Fsp3) is 0.250. The number of hydrogen-bond acceptors (Lipinski definition) is 8. The summed E-state index contributed by atoms with van der Waals surface area (Å²) in [6, 6.07) is 16.0. The summed E-state index contributed by atoms with van der Waals surface area (Å²) >= 11 is 2.29. The lowest BCUT2D eigenvalue weighted by atomic mass is 9.80. The number of benzene rings is 3. The minimum Gasteiger partial charge on any atom is -0.493 e. The van der Waals surface area contributed by atoms with Gasteiger partial charge in [0, 0.05) is 27.8 Å². The fourth-order valence-corrected chi connectivity index (χ4v) is 5.55. The minimum absolute atomic E-state index is 0.152. The zero-order valence-electron chi connectivity index (χ0n) is 20.5. The van der Waals surface area contributed by atoms with E-state index in [0.29, 0.717) is 40.9 Å². The Hall–Kier alpha value is -3.60. The molecule has 1 unspecified atom stereocenters. The summed E-state index contributed by atoms with van der Waals surface area (Å²) in [7, 11) is 4.71. The highest BCUT2D eigenvalue weighted by atomic mass is 127. The Kier molecular flexibility index (Phi) is 6.02. The van der Waals surface area contributed by atoms with Crippen molar-refractivity contribution in [3.8, 4) is 28.7 Å². The van der Waals surface area contributed by atoms with Crippen molar-refractivity contribution in [1.29, 1.82) is 0 Å². The first kappa shape index (κ1) is 23.8. The number of carbonyl (C=O) groups is 1. The van der Waals surface area contributed by atoms with Crippen LogP contribution < -0.4 is 28.6 Å². The Labute approximate surface area is 227 Å². The number of carbonyl (C=O) groups excluding carboxylic acids is 1. The van der Waals surface area contributed by atoms with E-state index in [9.17, 15) is 4.79 Å². The molecule has 3 aromatic rings. The molecule has 0 aliphatic carbocycles. The number of ether oxygens (including phenoxy) is 6. The van der Waals surface area contributed by atoms with E-state index >= 15 is 0 Å². The third-order valence-electron chi connectivity index (χ3n) is 6.88. The standard InChI is InChI=1S/C28H24INO7/c1-32-23-8-16(9-24(33-2)27(23)34-3)25-18-10-21-22(37-14-36-21)11-19(18)30(20-13-35-28(31)26(20)25)12-15-4-6-17(29)7-5-15/h4-11,25H,12-14H2,1-3H3. The van der Waals surface area contributed by atoms with Gasteiger partial charge in [-0.15, -0.1) is 0 Å². The summed E-state index contributed by atoms with van der Waals surface area (Å²) in [5.41, 5.74) is 5.18. The SMILES string of the molecule is COc1cc(C2C3=C(COC3=O)N(Cc3ccc(I)cc3)c3cc4c(cc32)OCO4)cc(OC)c1OC. The molecule has 1 atom stereocenters. The van der Waals surface area contributed by atoms with E-state index in [1.165, 1.54) is 0 Å². The number of methoxy groups -OCH3 is 3. The summed E-state index contributed by atoms with van der Waals surface area (Å²) in [4.78, 5) is 15.4. The second-order valence-corrected chi connectivity index (χ2v) is 10.1. The van der Waals surface area contributed by atoms with Crippen molar-refractivity contribution < 1.29 is 33.2 Å². The molecule has 6 rings (SSSR count). The number of fused-ring (bicyclic) bond motifs is 2. The number of nitrogens with zero attached hydrogens (tertiary/aromatic N) is 1. The van der Waals surface area contributed by atoms with Gasteiger partial charge in [0.05, 0.1) is 32.6 Å². The molecule has 0 aromatic heterocycles. The molecule has 0 bridgehead atoms. The highest BCUT2D eigenvalue weighted by molar-refractivity contribution is 14.1. The van der Waals surface area contributed by atoms with Crippen molar-refractivity contribution in [3.63, 3.8) is 0 Å².